The lowest BCUT2D eigenvalue weighted by Crippen LogP contribution is -2.38. The highest BCUT2D eigenvalue weighted by atomic mass is 35.5. The molecule has 1 aliphatic rings. The summed E-state index contributed by atoms with van der Waals surface area (Å²) in [5, 5.41) is 7.47. The van der Waals surface area contributed by atoms with Gasteiger partial charge in [-0.3, -0.25) is 4.79 Å². The number of nitrogens with one attached hydrogen (secondary N) is 1. The summed E-state index contributed by atoms with van der Waals surface area (Å²) in [5.74, 6) is 0.561. The number of carbonyl (C=O) groups is 1. The summed E-state index contributed by atoms with van der Waals surface area (Å²) in [6.07, 6.45) is 2.50. The number of aromatic nitrogens is 1. The summed E-state index contributed by atoms with van der Waals surface area (Å²) in [6, 6.07) is 9.12. The van der Waals surface area contributed by atoms with Crippen molar-refractivity contribution < 1.29 is 14.1 Å². The van der Waals surface area contributed by atoms with E-state index in [1.54, 1.807) is 12.1 Å². The summed E-state index contributed by atoms with van der Waals surface area (Å²) < 4.78 is 10.7. The molecule has 1 unspecified atom stereocenters. The van der Waals surface area contributed by atoms with Gasteiger partial charge in [0.05, 0.1) is 6.54 Å². The van der Waals surface area contributed by atoms with Crippen LogP contribution in [0.25, 0.3) is 11.3 Å². The van der Waals surface area contributed by atoms with Crippen LogP contribution < -0.4 is 5.32 Å². The van der Waals surface area contributed by atoms with Crippen molar-refractivity contribution in [3.8, 4) is 11.3 Å². The first-order valence-corrected chi connectivity index (χ1v) is 7.71. The second-order valence-electron chi connectivity index (χ2n) is 5.26. The summed E-state index contributed by atoms with van der Waals surface area (Å²) in [4.78, 5) is 12.0. The normalized spacial score (nSPS) is 18.1. The third-order valence-corrected chi connectivity index (χ3v) is 3.86. The van der Waals surface area contributed by atoms with Gasteiger partial charge in [-0.1, -0.05) is 16.8 Å². The van der Waals surface area contributed by atoms with Gasteiger partial charge in [0.25, 0.3) is 0 Å². The van der Waals surface area contributed by atoms with Crippen LogP contribution in [0.2, 0.25) is 5.02 Å². The fourth-order valence-electron chi connectivity index (χ4n) is 2.38. The quantitative estimate of drug-likeness (QED) is 0.939. The molecule has 0 bridgehead atoms. The van der Waals surface area contributed by atoms with Crippen LogP contribution in [-0.4, -0.2) is 23.8 Å². The molecule has 22 heavy (non-hydrogen) atoms. The molecule has 2 aromatic rings. The maximum absolute atomic E-state index is 12.0. The molecule has 1 saturated heterocycles. The van der Waals surface area contributed by atoms with Gasteiger partial charge in [0.2, 0.25) is 5.91 Å². The Balaban J connectivity index is 1.57. The zero-order valence-electron chi connectivity index (χ0n) is 12.0. The number of carbonyl (C=O) groups excluding carboxylic acids is 1. The minimum atomic E-state index is -0.337. The second kappa shape index (κ2) is 6.94. The van der Waals surface area contributed by atoms with Gasteiger partial charge in [0.15, 0.2) is 5.76 Å². The predicted molar refractivity (Wildman–Crippen MR) is 82.4 cm³/mol. The predicted octanol–water partition coefficient (Wildman–Crippen LogP) is 3.18. The van der Waals surface area contributed by atoms with E-state index in [1.807, 2.05) is 18.2 Å². The van der Waals surface area contributed by atoms with Gasteiger partial charge in [-0.2, -0.15) is 0 Å². The molecule has 5 nitrogen and oxygen atoms in total. The fraction of sp³-hybridized carbons (Fsp3) is 0.375. The van der Waals surface area contributed by atoms with E-state index in [-0.39, 0.29) is 12.0 Å². The highest BCUT2D eigenvalue weighted by Crippen LogP contribution is 2.22. The maximum atomic E-state index is 12.0. The molecule has 1 aromatic carbocycles. The van der Waals surface area contributed by atoms with Crippen molar-refractivity contribution in [3.63, 3.8) is 0 Å². The van der Waals surface area contributed by atoms with E-state index < -0.39 is 0 Å². The molecule has 0 aliphatic carbocycles. The molecular formula is C16H17ClN2O3. The molecule has 1 aromatic heterocycles. The van der Waals surface area contributed by atoms with Gasteiger partial charge in [0, 0.05) is 23.3 Å². The lowest BCUT2D eigenvalue weighted by molar-refractivity contribution is -0.135. The molecule has 1 atom stereocenters. The zero-order chi connectivity index (χ0) is 15.4. The summed E-state index contributed by atoms with van der Waals surface area (Å²) in [7, 11) is 0. The number of hydrogen-bond donors (Lipinski definition) is 1. The molecule has 1 fully saturated rings. The first-order valence-electron chi connectivity index (χ1n) is 7.33. The molecular weight excluding hydrogens is 304 g/mol. The average molecular weight is 321 g/mol. The van der Waals surface area contributed by atoms with Crippen molar-refractivity contribution in [3.05, 3.63) is 41.0 Å². The lowest BCUT2D eigenvalue weighted by atomic mass is 10.1. The van der Waals surface area contributed by atoms with Crippen LogP contribution in [0.1, 0.15) is 25.0 Å². The fourth-order valence-corrected chi connectivity index (χ4v) is 2.51. The lowest BCUT2D eigenvalue weighted by Gasteiger charge is -2.21. The molecule has 1 N–H and O–H groups in total. The molecule has 2 heterocycles. The third kappa shape index (κ3) is 3.67. The number of nitrogens with zero attached hydrogens (tertiary/aromatic N) is 1. The van der Waals surface area contributed by atoms with Gasteiger partial charge in [0.1, 0.15) is 11.8 Å². The van der Waals surface area contributed by atoms with Gasteiger partial charge >= 0.3 is 0 Å². The highest BCUT2D eigenvalue weighted by Gasteiger charge is 2.21. The van der Waals surface area contributed by atoms with E-state index in [0.717, 1.165) is 24.8 Å². The van der Waals surface area contributed by atoms with Crippen molar-refractivity contribution in [1.29, 1.82) is 0 Å². The molecule has 0 radical (unpaired) electrons. The van der Waals surface area contributed by atoms with Crippen LogP contribution in [-0.2, 0) is 16.1 Å². The Morgan fingerprint density at radius 1 is 1.32 bits per heavy atom. The van der Waals surface area contributed by atoms with Crippen LogP contribution in [0, 0.1) is 0 Å². The molecule has 6 heteroatoms. The van der Waals surface area contributed by atoms with E-state index in [1.165, 1.54) is 0 Å². The Hall–Kier alpha value is -1.85. The smallest absolute Gasteiger partial charge is 0.249 e. The molecule has 0 spiro atoms. The number of hydrogen-bond acceptors (Lipinski definition) is 4. The van der Waals surface area contributed by atoms with E-state index in [0.29, 0.717) is 29.6 Å². The molecule has 1 aliphatic heterocycles. The molecule has 116 valence electrons. The van der Waals surface area contributed by atoms with Crippen molar-refractivity contribution >= 4 is 17.5 Å². The Labute approximate surface area is 133 Å². The summed E-state index contributed by atoms with van der Waals surface area (Å²) in [6.45, 7) is 0.985. The second-order valence-corrected chi connectivity index (χ2v) is 5.70. The largest absolute Gasteiger partial charge is 0.368 e. The van der Waals surface area contributed by atoms with Crippen LogP contribution in [0.15, 0.2) is 34.9 Å². The molecule has 0 saturated carbocycles. The monoisotopic (exact) mass is 320 g/mol. The van der Waals surface area contributed by atoms with Gasteiger partial charge in [-0.05, 0) is 43.5 Å². The Bertz CT molecular complexity index is 633. The number of ether oxygens (including phenoxy) is 1. The Kier molecular flexibility index (Phi) is 4.75. The minimum absolute atomic E-state index is 0.0873. The van der Waals surface area contributed by atoms with Crippen molar-refractivity contribution in [1.82, 2.24) is 10.5 Å². The van der Waals surface area contributed by atoms with Crippen LogP contribution in [0.5, 0.6) is 0 Å². The van der Waals surface area contributed by atoms with E-state index in [2.05, 4.69) is 10.5 Å². The topological polar surface area (TPSA) is 64.4 Å². The standard InChI is InChI=1S/C16H17ClN2O3/c17-12-6-4-11(5-7-12)15-9-13(19-22-15)10-18-16(20)14-3-1-2-8-21-14/h4-7,9,14H,1-3,8,10H2,(H,18,20). The molecule has 1 amide bonds. The number of benzene rings is 1. The van der Waals surface area contributed by atoms with Crippen molar-refractivity contribution in [2.24, 2.45) is 0 Å². The highest BCUT2D eigenvalue weighted by molar-refractivity contribution is 6.30. The minimum Gasteiger partial charge on any atom is -0.368 e. The first kappa shape index (κ1) is 15.1. The zero-order valence-corrected chi connectivity index (χ0v) is 12.8. The van der Waals surface area contributed by atoms with Crippen LogP contribution in [0.3, 0.4) is 0 Å². The van der Waals surface area contributed by atoms with Crippen molar-refractivity contribution in [2.45, 2.75) is 31.9 Å². The van der Waals surface area contributed by atoms with Crippen molar-refractivity contribution in [2.75, 3.05) is 6.61 Å². The third-order valence-electron chi connectivity index (χ3n) is 3.60. The first-order chi connectivity index (χ1) is 10.7. The van der Waals surface area contributed by atoms with E-state index in [9.17, 15) is 4.79 Å². The maximum Gasteiger partial charge on any atom is 0.249 e. The Morgan fingerprint density at radius 2 is 2.14 bits per heavy atom. The SMILES string of the molecule is O=C(NCc1cc(-c2ccc(Cl)cc2)on1)C1CCCCO1. The summed E-state index contributed by atoms with van der Waals surface area (Å²) >= 11 is 5.86. The average Bonchev–Trinajstić information content (AvgIpc) is 3.03. The molecule has 3 rings (SSSR count). The number of amides is 1. The van der Waals surface area contributed by atoms with Gasteiger partial charge in [-0.15, -0.1) is 0 Å². The van der Waals surface area contributed by atoms with Gasteiger partial charge in [-0.25, -0.2) is 0 Å². The van der Waals surface area contributed by atoms with E-state index in [4.69, 9.17) is 20.9 Å². The van der Waals surface area contributed by atoms with Crippen LogP contribution in [0.4, 0.5) is 0 Å². The number of halogens is 1. The number of rotatable bonds is 4. The summed E-state index contributed by atoms with van der Waals surface area (Å²) in [5.41, 5.74) is 1.57. The van der Waals surface area contributed by atoms with Gasteiger partial charge < -0.3 is 14.6 Å². The van der Waals surface area contributed by atoms with E-state index >= 15 is 0 Å². The van der Waals surface area contributed by atoms with Crippen LogP contribution >= 0.6 is 11.6 Å². The Morgan fingerprint density at radius 3 is 2.86 bits per heavy atom.